The third-order valence-corrected chi connectivity index (χ3v) is 5.93. The summed E-state index contributed by atoms with van der Waals surface area (Å²) in [6, 6.07) is 26.9. The van der Waals surface area contributed by atoms with E-state index < -0.39 is 0 Å². The molecule has 4 aromatic rings. The second-order valence-corrected chi connectivity index (χ2v) is 8.21. The Hall–Kier alpha value is -4.32. The lowest BCUT2D eigenvalue weighted by molar-refractivity contribution is -0.111. The van der Waals surface area contributed by atoms with Crippen LogP contribution in [0.3, 0.4) is 0 Å². The van der Waals surface area contributed by atoms with Crippen molar-refractivity contribution >= 4 is 40.2 Å². The van der Waals surface area contributed by atoms with Crippen LogP contribution >= 0.6 is 0 Å². The minimum atomic E-state index is -0.172. The Morgan fingerprint density at radius 2 is 1.53 bits per heavy atom. The van der Waals surface area contributed by atoms with Gasteiger partial charge in [-0.25, -0.2) is 0 Å². The number of furan rings is 1. The number of amides is 2. The normalized spacial score (nSPS) is 14.0. The fourth-order valence-electron chi connectivity index (χ4n) is 4.09. The molecule has 3 aromatic carbocycles. The number of anilines is 2. The van der Waals surface area contributed by atoms with Gasteiger partial charge in [0, 0.05) is 49.0 Å². The van der Waals surface area contributed by atoms with Crippen molar-refractivity contribution in [2.75, 3.05) is 36.4 Å². The molecule has 1 N–H and O–H groups in total. The SMILES string of the molecule is O=C(/C=C/c1ccccc1)Nc1ccc(N2CCN(C(=O)c3cc4ccccc4o3)CC2)cc1. The number of nitrogens with zero attached hydrogens (tertiary/aromatic N) is 2. The second-order valence-electron chi connectivity index (χ2n) is 8.21. The molecule has 6 heteroatoms. The highest BCUT2D eigenvalue weighted by molar-refractivity contribution is 6.02. The Labute approximate surface area is 198 Å². The van der Waals surface area contributed by atoms with Gasteiger partial charge in [-0.05, 0) is 48.0 Å². The van der Waals surface area contributed by atoms with E-state index in [0.717, 1.165) is 41.0 Å². The Morgan fingerprint density at radius 3 is 2.26 bits per heavy atom. The molecule has 1 fully saturated rings. The van der Waals surface area contributed by atoms with Crippen LogP contribution in [0.15, 0.2) is 95.4 Å². The molecule has 0 atom stereocenters. The van der Waals surface area contributed by atoms with Crippen LogP contribution in [0, 0.1) is 0 Å². The monoisotopic (exact) mass is 451 g/mol. The highest BCUT2D eigenvalue weighted by atomic mass is 16.3. The van der Waals surface area contributed by atoms with Gasteiger partial charge in [-0.2, -0.15) is 0 Å². The zero-order valence-corrected chi connectivity index (χ0v) is 18.7. The zero-order valence-electron chi connectivity index (χ0n) is 18.7. The van der Waals surface area contributed by atoms with E-state index >= 15 is 0 Å². The van der Waals surface area contributed by atoms with Gasteiger partial charge in [0.1, 0.15) is 5.58 Å². The molecular weight excluding hydrogens is 426 g/mol. The van der Waals surface area contributed by atoms with Crippen molar-refractivity contribution < 1.29 is 14.0 Å². The van der Waals surface area contributed by atoms with Gasteiger partial charge in [-0.1, -0.05) is 48.5 Å². The first kappa shape index (κ1) is 21.5. The quantitative estimate of drug-likeness (QED) is 0.432. The van der Waals surface area contributed by atoms with Crippen molar-refractivity contribution in [3.05, 3.63) is 102 Å². The molecule has 0 radical (unpaired) electrons. The van der Waals surface area contributed by atoms with E-state index in [9.17, 15) is 9.59 Å². The Balaban J connectivity index is 1.15. The number of benzene rings is 3. The fraction of sp³-hybridized carbons (Fsp3) is 0.143. The van der Waals surface area contributed by atoms with Crippen LogP contribution in [0.5, 0.6) is 0 Å². The highest BCUT2D eigenvalue weighted by Crippen LogP contribution is 2.23. The molecule has 34 heavy (non-hydrogen) atoms. The van der Waals surface area contributed by atoms with E-state index in [-0.39, 0.29) is 11.8 Å². The Bertz CT molecular complexity index is 1290. The van der Waals surface area contributed by atoms with E-state index in [1.54, 1.807) is 6.08 Å². The van der Waals surface area contributed by atoms with Crippen LogP contribution in [-0.2, 0) is 4.79 Å². The van der Waals surface area contributed by atoms with Crippen LogP contribution in [0.1, 0.15) is 16.1 Å². The minimum absolute atomic E-state index is 0.0718. The molecule has 0 bridgehead atoms. The molecule has 6 nitrogen and oxygen atoms in total. The smallest absolute Gasteiger partial charge is 0.289 e. The molecule has 1 aliphatic rings. The summed E-state index contributed by atoms with van der Waals surface area (Å²) in [7, 11) is 0. The summed E-state index contributed by atoms with van der Waals surface area (Å²) in [5, 5.41) is 3.82. The van der Waals surface area contributed by atoms with E-state index in [2.05, 4.69) is 10.2 Å². The van der Waals surface area contributed by atoms with E-state index in [4.69, 9.17) is 4.42 Å². The largest absolute Gasteiger partial charge is 0.451 e. The van der Waals surface area contributed by atoms with Gasteiger partial charge in [0.2, 0.25) is 5.91 Å². The molecule has 5 rings (SSSR count). The maximum Gasteiger partial charge on any atom is 0.289 e. The van der Waals surface area contributed by atoms with Crippen molar-refractivity contribution in [3.8, 4) is 0 Å². The summed E-state index contributed by atoms with van der Waals surface area (Å²) < 4.78 is 5.74. The van der Waals surface area contributed by atoms with Crippen LogP contribution in [-0.4, -0.2) is 42.9 Å². The average molecular weight is 452 g/mol. The lowest BCUT2D eigenvalue weighted by atomic mass is 10.2. The predicted octanol–water partition coefficient (Wildman–Crippen LogP) is 5.05. The molecule has 2 amide bonds. The summed E-state index contributed by atoms with van der Waals surface area (Å²) in [4.78, 5) is 29.1. The first-order chi connectivity index (χ1) is 16.7. The third kappa shape index (κ3) is 4.86. The zero-order chi connectivity index (χ0) is 23.3. The van der Waals surface area contributed by atoms with Crippen LogP contribution < -0.4 is 10.2 Å². The van der Waals surface area contributed by atoms with Gasteiger partial charge < -0.3 is 19.5 Å². The molecule has 0 spiro atoms. The number of piperazine rings is 1. The maximum atomic E-state index is 12.9. The van der Waals surface area contributed by atoms with Crippen molar-refractivity contribution in [2.45, 2.75) is 0 Å². The van der Waals surface area contributed by atoms with Crippen LogP contribution in [0.25, 0.3) is 17.0 Å². The van der Waals surface area contributed by atoms with Crippen LogP contribution in [0.2, 0.25) is 0 Å². The standard InChI is InChI=1S/C28H25N3O3/c32-27(15-10-21-6-2-1-3-7-21)29-23-11-13-24(14-12-23)30-16-18-31(19-17-30)28(33)26-20-22-8-4-5-9-25(22)34-26/h1-15,20H,16-19H2,(H,29,32)/b15-10+. The molecule has 0 saturated carbocycles. The Kier molecular flexibility index (Phi) is 6.12. The molecule has 1 aliphatic heterocycles. The van der Waals surface area contributed by atoms with Crippen LogP contribution in [0.4, 0.5) is 11.4 Å². The molecule has 1 saturated heterocycles. The predicted molar refractivity (Wildman–Crippen MR) is 135 cm³/mol. The maximum absolute atomic E-state index is 12.9. The summed E-state index contributed by atoms with van der Waals surface area (Å²) in [5.41, 5.74) is 3.51. The van der Waals surface area contributed by atoms with Gasteiger partial charge in [0.05, 0.1) is 0 Å². The summed E-state index contributed by atoms with van der Waals surface area (Å²) in [6.07, 6.45) is 3.32. The minimum Gasteiger partial charge on any atom is -0.451 e. The van der Waals surface area contributed by atoms with Gasteiger partial charge in [0.25, 0.3) is 5.91 Å². The van der Waals surface area contributed by atoms with Gasteiger partial charge >= 0.3 is 0 Å². The molecule has 2 heterocycles. The fourth-order valence-corrected chi connectivity index (χ4v) is 4.09. The highest BCUT2D eigenvalue weighted by Gasteiger charge is 2.24. The second kappa shape index (κ2) is 9.67. The number of carbonyl (C=O) groups is 2. The average Bonchev–Trinajstić information content (AvgIpc) is 3.33. The number of fused-ring (bicyclic) bond motifs is 1. The third-order valence-electron chi connectivity index (χ3n) is 5.93. The van der Waals surface area contributed by atoms with E-state index in [0.29, 0.717) is 18.8 Å². The molecule has 0 unspecified atom stereocenters. The van der Waals surface area contributed by atoms with E-state index in [1.807, 2.05) is 89.8 Å². The molecule has 170 valence electrons. The van der Waals surface area contributed by atoms with Crippen molar-refractivity contribution in [1.29, 1.82) is 0 Å². The lowest BCUT2D eigenvalue weighted by Crippen LogP contribution is -2.48. The number of carbonyl (C=O) groups excluding carboxylic acids is 2. The summed E-state index contributed by atoms with van der Waals surface area (Å²) in [5.74, 6) is 0.142. The molecule has 0 aliphatic carbocycles. The molecular formula is C28H25N3O3. The molecule has 1 aromatic heterocycles. The number of hydrogen-bond donors (Lipinski definition) is 1. The number of nitrogens with one attached hydrogen (secondary N) is 1. The van der Waals surface area contributed by atoms with Crippen molar-refractivity contribution in [3.63, 3.8) is 0 Å². The van der Waals surface area contributed by atoms with Gasteiger partial charge in [-0.3, -0.25) is 9.59 Å². The van der Waals surface area contributed by atoms with Gasteiger partial charge in [-0.15, -0.1) is 0 Å². The number of para-hydroxylation sites is 1. The summed E-state index contributed by atoms with van der Waals surface area (Å²) in [6.45, 7) is 2.71. The lowest BCUT2D eigenvalue weighted by Gasteiger charge is -2.35. The number of hydrogen-bond acceptors (Lipinski definition) is 4. The Morgan fingerprint density at radius 1 is 0.824 bits per heavy atom. The topological polar surface area (TPSA) is 65.8 Å². The van der Waals surface area contributed by atoms with Gasteiger partial charge in [0.15, 0.2) is 5.76 Å². The first-order valence-electron chi connectivity index (χ1n) is 11.3. The summed E-state index contributed by atoms with van der Waals surface area (Å²) >= 11 is 0. The van der Waals surface area contributed by atoms with E-state index in [1.165, 1.54) is 6.08 Å². The van der Waals surface area contributed by atoms with Crippen molar-refractivity contribution in [1.82, 2.24) is 4.90 Å². The first-order valence-corrected chi connectivity index (χ1v) is 11.3. The number of rotatable bonds is 5. The van der Waals surface area contributed by atoms with Crippen molar-refractivity contribution in [2.24, 2.45) is 0 Å².